The van der Waals surface area contributed by atoms with Gasteiger partial charge in [-0.05, 0) is 50.4 Å². The fraction of sp³-hybridized carbons (Fsp3) is 0.500. The van der Waals surface area contributed by atoms with E-state index in [9.17, 15) is 0 Å². The minimum absolute atomic E-state index is 0.161. The molecule has 1 nitrogen and oxygen atoms in total. The minimum Gasteiger partial charge on any atom is -0.311 e. The summed E-state index contributed by atoms with van der Waals surface area (Å²) in [5.74, 6) is 0. The van der Waals surface area contributed by atoms with Gasteiger partial charge in [-0.2, -0.15) is 0 Å². The molecule has 1 saturated heterocycles. The maximum Gasteiger partial charge on any atom is 0.0453 e. The SMILES string of the molecule is CC1(Cc2c(Cl)cccc2Cl)CCCN1. The van der Waals surface area contributed by atoms with Crippen LogP contribution in [0, 0.1) is 0 Å². The van der Waals surface area contributed by atoms with E-state index in [0.29, 0.717) is 0 Å². The van der Waals surface area contributed by atoms with E-state index in [4.69, 9.17) is 23.2 Å². The number of hydrogen-bond acceptors (Lipinski definition) is 1. The fourth-order valence-corrected chi connectivity index (χ4v) is 2.73. The molecule has 1 atom stereocenters. The lowest BCUT2D eigenvalue weighted by atomic mass is 9.91. The molecule has 0 aliphatic carbocycles. The number of hydrogen-bond donors (Lipinski definition) is 1. The van der Waals surface area contributed by atoms with E-state index in [0.717, 1.165) is 28.6 Å². The molecule has 15 heavy (non-hydrogen) atoms. The minimum atomic E-state index is 0.161. The second-order valence-corrected chi connectivity index (χ2v) is 5.28. The van der Waals surface area contributed by atoms with Gasteiger partial charge in [0.1, 0.15) is 0 Å². The Bertz CT molecular complexity index is 336. The molecule has 1 aliphatic rings. The first-order valence-corrected chi connectivity index (χ1v) is 6.04. The highest BCUT2D eigenvalue weighted by molar-refractivity contribution is 6.36. The number of rotatable bonds is 2. The zero-order valence-corrected chi connectivity index (χ0v) is 10.3. The van der Waals surface area contributed by atoms with Crippen LogP contribution in [-0.2, 0) is 6.42 Å². The van der Waals surface area contributed by atoms with Crippen molar-refractivity contribution in [1.82, 2.24) is 5.32 Å². The summed E-state index contributed by atoms with van der Waals surface area (Å²) in [7, 11) is 0. The summed E-state index contributed by atoms with van der Waals surface area (Å²) in [6.07, 6.45) is 3.33. The first kappa shape index (κ1) is 11.3. The Morgan fingerprint density at radius 3 is 2.53 bits per heavy atom. The van der Waals surface area contributed by atoms with Gasteiger partial charge >= 0.3 is 0 Å². The van der Waals surface area contributed by atoms with Crippen LogP contribution in [0.3, 0.4) is 0 Å². The Balaban J connectivity index is 2.23. The quantitative estimate of drug-likeness (QED) is 0.836. The topological polar surface area (TPSA) is 12.0 Å². The van der Waals surface area contributed by atoms with E-state index in [1.54, 1.807) is 0 Å². The molecule has 0 radical (unpaired) electrons. The summed E-state index contributed by atoms with van der Waals surface area (Å²) in [5.41, 5.74) is 1.23. The Hall–Kier alpha value is -0.240. The Morgan fingerprint density at radius 1 is 1.33 bits per heavy atom. The molecule has 1 unspecified atom stereocenters. The molecular weight excluding hydrogens is 229 g/mol. The molecule has 1 aromatic rings. The van der Waals surface area contributed by atoms with Crippen LogP contribution >= 0.6 is 23.2 Å². The maximum absolute atomic E-state index is 6.16. The van der Waals surface area contributed by atoms with Crippen molar-refractivity contribution in [2.75, 3.05) is 6.54 Å². The van der Waals surface area contributed by atoms with Gasteiger partial charge in [0.25, 0.3) is 0 Å². The van der Waals surface area contributed by atoms with Gasteiger partial charge in [-0.15, -0.1) is 0 Å². The first-order valence-electron chi connectivity index (χ1n) is 5.29. The van der Waals surface area contributed by atoms with E-state index in [1.165, 1.54) is 12.8 Å². The second-order valence-electron chi connectivity index (χ2n) is 4.47. The molecule has 1 aliphatic heterocycles. The highest BCUT2D eigenvalue weighted by Gasteiger charge is 2.29. The first-order chi connectivity index (χ1) is 7.11. The lowest BCUT2D eigenvalue weighted by molar-refractivity contribution is 0.413. The molecule has 3 heteroatoms. The van der Waals surface area contributed by atoms with Crippen LogP contribution in [0.1, 0.15) is 25.3 Å². The Kier molecular flexibility index (Phi) is 3.24. The van der Waals surface area contributed by atoms with Gasteiger partial charge in [0.05, 0.1) is 0 Å². The fourth-order valence-electron chi connectivity index (χ4n) is 2.20. The number of benzene rings is 1. The van der Waals surface area contributed by atoms with E-state index >= 15 is 0 Å². The third-order valence-electron chi connectivity index (χ3n) is 3.09. The number of halogens is 2. The molecule has 1 aromatic carbocycles. The van der Waals surface area contributed by atoms with E-state index < -0.39 is 0 Å². The molecule has 0 amide bonds. The van der Waals surface area contributed by atoms with Crippen molar-refractivity contribution < 1.29 is 0 Å². The van der Waals surface area contributed by atoms with Crippen molar-refractivity contribution in [3.05, 3.63) is 33.8 Å². The van der Waals surface area contributed by atoms with Crippen molar-refractivity contribution in [2.24, 2.45) is 0 Å². The number of nitrogens with one attached hydrogen (secondary N) is 1. The molecule has 1 heterocycles. The van der Waals surface area contributed by atoms with Crippen LogP contribution in [0.4, 0.5) is 0 Å². The zero-order valence-electron chi connectivity index (χ0n) is 8.82. The zero-order chi connectivity index (χ0) is 10.9. The third kappa shape index (κ3) is 2.47. The van der Waals surface area contributed by atoms with Gasteiger partial charge in [-0.1, -0.05) is 29.3 Å². The molecule has 1 fully saturated rings. The van der Waals surface area contributed by atoms with Crippen molar-refractivity contribution in [1.29, 1.82) is 0 Å². The van der Waals surface area contributed by atoms with Crippen LogP contribution in [0.25, 0.3) is 0 Å². The molecule has 0 aromatic heterocycles. The van der Waals surface area contributed by atoms with Crippen molar-refractivity contribution >= 4 is 23.2 Å². The summed E-state index contributed by atoms with van der Waals surface area (Å²) in [4.78, 5) is 0. The van der Waals surface area contributed by atoms with Crippen molar-refractivity contribution in [2.45, 2.75) is 31.7 Å². The van der Waals surface area contributed by atoms with Crippen molar-refractivity contribution in [3.8, 4) is 0 Å². The van der Waals surface area contributed by atoms with Crippen LogP contribution in [-0.4, -0.2) is 12.1 Å². The predicted molar refractivity (Wildman–Crippen MR) is 65.8 cm³/mol. The van der Waals surface area contributed by atoms with Crippen LogP contribution < -0.4 is 5.32 Å². The lowest BCUT2D eigenvalue weighted by Gasteiger charge is -2.25. The molecule has 2 rings (SSSR count). The Labute approximate surface area is 101 Å². The predicted octanol–water partition coefficient (Wildman–Crippen LogP) is 3.68. The molecular formula is C12H15Cl2N. The van der Waals surface area contributed by atoms with Gasteiger partial charge in [-0.3, -0.25) is 0 Å². The summed E-state index contributed by atoms with van der Waals surface area (Å²) >= 11 is 12.3. The standard InChI is InChI=1S/C12H15Cl2N/c1-12(6-3-7-15-12)8-9-10(13)4-2-5-11(9)14/h2,4-5,15H,3,6-8H2,1H3. The summed E-state index contributed by atoms with van der Waals surface area (Å²) in [6.45, 7) is 3.33. The molecule has 82 valence electrons. The van der Waals surface area contributed by atoms with Gasteiger partial charge in [0.15, 0.2) is 0 Å². The van der Waals surface area contributed by atoms with E-state index in [2.05, 4.69) is 12.2 Å². The van der Waals surface area contributed by atoms with Crippen LogP contribution in [0.2, 0.25) is 10.0 Å². The van der Waals surface area contributed by atoms with E-state index in [1.807, 2.05) is 18.2 Å². The van der Waals surface area contributed by atoms with Gasteiger partial charge in [-0.25, -0.2) is 0 Å². The Morgan fingerprint density at radius 2 is 2.00 bits per heavy atom. The molecule has 0 bridgehead atoms. The average molecular weight is 244 g/mol. The molecule has 0 spiro atoms. The largest absolute Gasteiger partial charge is 0.311 e. The van der Waals surface area contributed by atoms with Crippen molar-refractivity contribution in [3.63, 3.8) is 0 Å². The smallest absolute Gasteiger partial charge is 0.0453 e. The molecule has 1 N–H and O–H groups in total. The highest BCUT2D eigenvalue weighted by atomic mass is 35.5. The average Bonchev–Trinajstić information content (AvgIpc) is 2.60. The third-order valence-corrected chi connectivity index (χ3v) is 3.79. The maximum atomic E-state index is 6.16. The second kappa shape index (κ2) is 4.32. The highest BCUT2D eigenvalue weighted by Crippen LogP contribution is 2.31. The van der Waals surface area contributed by atoms with Gasteiger partial charge < -0.3 is 5.32 Å². The van der Waals surface area contributed by atoms with Crippen LogP contribution in [0.5, 0.6) is 0 Å². The van der Waals surface area contributed by atoms with E-state index in [-0.39, 0.29) is 5.54 Å². The summed E-state index contributed by atoms with van der Waals surface area (Å²) in [5, 5.41) is 5.07. The molecule has 0 saturated carbocycles. The lowest BCUT2D eigenvalue weighted by Crippen LogP contribution is -2.38. The van der Waals surface area contributed by atoms with Crippen LogP contribution in [0.15, 0.2) is 18.2 Å². The summed E-state index contributed by atoms with van der Waals surface area (Å²) < 4.78 is 0. The monoisotopic (exact) mass is 243 g/mol. The van der Waals surface area contributed by atoms with Gasteiger partial charge in [0, 0.05) is 15.6 Å². The van der Waals surface area contributed by atoms with Gasteiger partial charge in [0.2, 0.25) is 0 Å². The summed E-state index contributed by atoms with van der Waals surface area (Å²) in [6, 6.07) is 5.70. The normalized spacial score (nSPS) is 25.8.